The van der Waals surface area contributed by atoms with Crippen LogP contribution < -0.4 is 0 Å². The van der Waals surface area contributed by atoms with Crippen LogP contribution in [-0.2, 0) is 4.74 Å². The molecule has 14 heavy (non-hydrogen) atoms. The highest BCUT2D eigenvalue weighted by Gasteiger charge is 2.22. The van der Waals surface area contributed by atoms with Gasteiger partial charge < -0.3 is 14.7 Å². The molecule has 0 aromatic heterocycles. The van der Waals surface area contributed by atoms with Gasteiger partial charge in [-0.25, -0.2) is 0 Å². The minimum atomic E-state index is -0.0200. The molecule has 0 amide bonds. The van der Waals surface area contributed by atoms with E-state index < -0.39 is 0 Å². The van der Waals surface area contributed by atoms with E-state index in [-0.39, 0.29) is 12.7 Å². The number of morpholine rings is 1. The molecule has 80 valence electrons. The maximum atomic E-state index is 9.02. The number of aliphatic hydroxyl groups is 1. The summed E-state index contributed by atoms with van der Waals surface area (Å²) in [6.07, 6.45) is 3.54. The summed E-state index contributed by atoms with van der Waals surface area (Å²) in [6, 6.07) is 0. The molecule has 0 bridgehead atoms. The van der Waals surface area contributed by atoms with Gasteiger partial charge in [-0.2, -0.15) is 0 Å². The fraction of sp³-hybridized carbons (Fsp3) is 0.900. The first-order chi connectivity index (χ1) is 6.90. The molecule has 0 aromatic carbocycles. The van der Waals surface area contributed by atoms with E-state index >= 15 is 0 Å². The van der Waals surface area contributed by atoms with Crippen molar-refractivity contribution < 1.29 is 9.84 Å². The topological polar surface area (TPSA) is 45.1 Å². The number of aliphatic imine (C=N–C) groups is 1. The molecule has 0 saturated carbocycles. The maximum absolute atomic E-state index is 9.02. The summed E-state index contributed by atoms with van der Waals surface area (Å²) in [7, 11) is 0. The van der Waals surface area contributed by atoms with E-state index in [4.69, 9.17) is 9.84 Å². The Morgan fingerprint density at radius 3 is 3.14 bits per heavy atom. The van der Waals surface area contributed by atoms with Crippen LogP contribution in [0.4, 0.5) is 0 Å². The van der Waals surface area contributed by atoms with Crippen molar-refractivity contribution in [3.05, 3.63) is 0 Å². The Kier molecular flexibility index (Phi) is 3.37. The molecule has 1 unspecified atom stereocenters. The van der Waals surface area contributed by atoms with Gasteiger partial charge in [-0.15, -0.1) is 0 Å². The van der Waals surface area contributed by atoms with Crippen molar-refractivity contribution in [3.63, 3.8) is 0 Å². The van der Waals surface area contributed by atoms with Gasteiger partial charge >= 0.3 is 0 Å². The van der Waals surface area contributed by atoms with E-state index in [1.54, 1.807) is 0 Å². The fourth-order valence-corrected chi connectivity index (χ4v) is 2.00. The van der Waals surface area contributed by atoms with Crippen LogP contribution in [0.5, 0.6) is 0 Å². The van der Waals surface area contributed by atoms with Gasteiger partial charge in [0.15, 0.2) is 0 Å². The number of rotatable bonds is 1. The molecule has 2 aliphatic rings. The van der Waals surface area contributed by atoms with E-state index in [1.807, 2.05) is 0 Å². The van der Waals surface area contributed by atoms with Gasteiger partial charge in [-0.1, -0.05) is 0 Å². The Labute approximate surface area is 84.6 Å². The molecule has 2 aliphatic heterocycles. The molecule has 1 fully saturated rings. The Bertz CT molecular complexity index is 218. The second-order valence-electron chi connectivity index (χ2n) is 3.88. The molecule has 1 N–H and O–H groups in total. The van der Waals surface area contributed by atoms with Crippen LogP contribution in [0.25, 0.3) is 0 Å². The van der Waals surface area contributed by atoms with Crippen LogP contribution in [0.1, 0.15) is 19.3 Å². The molecular weight excluding hydrogens is 180 g/mol. The van der Waals surface area contributed by atoms with Crippen molar-refractivity contribution in [1.82, 2.24) is 4.90 Å². The first-order valence-corrected chi connectivity index (χ1v) is 5.41. The summed E-state index contributed by atoms with van der Waals surface area (Å²) < 4.78 is 5.40. The summed E-state index contributed by atoms with van der Waals surface area (Å²) in [5.74, 6) is 1.22. The van der Waals surface area contributed by atoms with E-state index in [9.17, 15) is 0 Å². The van der Waals surface area contributed by atoms with Crippen molar-refractivity contribution in [2.75, 3.05) is 32.8 Å². The van der Waals surface area contributed by atoms with Crippen LogP contribution in [0, 0.1) is 0 Å². The lowest BCUT2D eigenvalue weighted by atomic mass is 10.1. The highest BCUT2D eigenvalue weighted by atomic mass is 16.5. The van der Waals surface area contributed by atoms with Gasteiger partial charge in [0.2, 0.25) is 0 Å². The van der Waals surface area contributed by atoms with Gasteiger partial charge in [-0.3, -0.25) is 4.99 Å². The van der Waals surface area contributed by atoms with Crippen LogP contribution in [0.15, 0.2) is 4.99 Å². The first kappa shape index (κ1) is 9.93. The van der Waals surface area contributed by atoms with E-state index in [0.717, 1.165) is 26.1 Å². The molecule has 1 saturated heterocycles. The normalized spacial score (nSPS) is 28.8. The molecule has 2 heterocycles. The number of hydrogen-bond acceptors (Lipinski definition) is 4. The molecular formula is C10H18N2O2. The second-order valence-corrected chi connectivity index (χ2v) is 3.88. The maximum Gasteiger partial charge on any atom is 0.0990 e. The predicted molar refractivity (Wildman–Crippen MR) is 54.6 cm³/mol. The second kappa shape index (κ2) is 4.75. The van der Waals surface area contributed by atoms with Crippen molar-refractivity contribution >= 4 is 5.84 Å². The monoisotopic (exact) mass is 198 g/mol. The molecule has 0 aromatic rings. The summed E-state index contributed by atoms with van der Waals surface area (Å²) >= 11 is 0. The number of hydrogen-bond donors (Lipinski definition) is 1. The Balaban J connectivity index is 1.92. The number of amidine groups is 1. The van der Waals surface area contributed by atoms with Gasteiger partial charge in [0.25, 0.3) is 0 Å². The molecule has 4 nitrogen and oxygen atoms in total. The van der Waals surface area contributed by atoms with E-state index in [1.165, 1.54) is 18.7 Å². The van der Waals surface area contributed by atoms with Gasteiger partial charge in [-0.05, 0) is 12.8 Å². The highest BCUT2D eigenvalue weighted by Crippen LogP contribution is 2.13. The van der Waals surface area contributed by atoms with Crippen LogP contribution in [0.2, 0.25) is 0 Å². The van der Waals surface area contributed by atoms with E-state index in [2.05, 4.69) is 9.89 Å². The Morgan fingerprint density at radius 1 is 1.50 bits per heavy atom. The summed E-state index contributed by atoms with van der Waals surface area (Å²) in [4.78, 5) is 6.79. The quantitative estimate of drug-likeness (QED) is 0.657. The average Bonchev–Trinajstić information content (AvgIpc) is 2.30. The number of nitrogens with zero attached hydrogens (tertiary/aromatic N) is 2. The lowest BCUT2D eigenvalue weighted by Gasteiger charge is -2.35. The molecule has 0 radical (unpaired) electrons. The first-order valence-electron chi connectivity index (χ1n) is 5.41. The van der Waals surface area contributed by atoms with Crippen molar-refractivity contribution in [2.45, 2.75) is 25.4 Å². The van der Waals surface area contributed by atoms with Crippen LogP contribution in [0.3, 0.4) is 0 Å². The minimum absolute atomic E-state index is 0.0200. The zero-order valence-electron chi connectivity index (χ0n) is 8.48. The Morgan fingerprint density at radius 2 is 2.43 bits per heavy atom. The standard InChI is InChI=1S/C10H18N2O2/c13-8-9-7-12(5-6-14-9)10-3-1-2-4-11-10/h9,13H,1-8H2. The average molecular weight is 198 g/mol. The van der Waals surface area contributed by atoms with Gasteiger partial charge in [0.1, 0.15) is 0 Å². The molecule has 4 heteroatoms. The molecule has 0 aliphatic carbocycles. The number of aliphatic hydroxyl groups excluding tert-OH is 1. The van der Waals surface area contributed by atoms with Crippen LogP contribution in [-0.4, -0.2) is 54.8 Å². The van der Waals surface area contributed by atoms with Crippen molar-refractivity contribution in [3.8, 4) is 0 Å². The molecule has 2 rings (SSSR count). The SMILES string of the molecule is OCC1CN(C2=NCCCC2)CCO1. The third-order valence-corrected chi connectivity index (χ3v) is 2.81. The third-order valence-electron chi connectivity index (χ3n) is 2.81. The molecule has 1 atom stereocenters. The lowest BCUT2D eigenvalue weighted by molar-refractivity contribution is -0.0347. The lowest BCUT2D eigenvalue weighted by Crippen LogP contribution is -2.47. The predicted octanol–water partition coefficient (Wildman–Crippen LogP) is 0.262. The van der Waals surface area contributed by atoms with Crippen LogP contribution >= 0.6 is 0 Å². The summed E-state index contributed by atoms with van der Waals surface area (Å²) in [6.45, 7) is 3.52. The number of ether oxygens (including phenoxy) is 1. The third kappa shape index (κ3) is 2.25. The van der Waals surface area contributed by atoms with Crippen molar-refractivity contribution in [1.29, 1.82) is 0 Å². The van der Waals surface area contributed by atoms with Gasteiger partial charge in [0, 0.05) is 26.1 Å². The van der Waals surface area contributed by atoms with Gasteiger partial charge in [0.05, 0.1) is 25.2 Å². The minimum Gasteiger partial charge on any atom is -0.394 e. The van der Waals surface area contributed by atoms with Crippen molar-refractivity contribution in [2.24, 2.45) is 4.99 Å². The fourth-order valence-electron chi connectivity index (χ4n) is 2.00. The Hall–Kier alpha value is -0.610. The zero-order valence-corrected chi connectivity index (χ0v) is 8.48. The molecule has 0 spiro atoms. The smallest absolute Gasteiger partial charge is 0.0990 e. The van der Waals surface area contributed by atoms with E-state index in [0.29, 0.717) is 6.61 Å². The largest absolute Gasteiger partial charge is 0.394 e. The zero-order chi connectivity index (χ0) is 9.80. The highest BCUT2D eigenvalue weighted by molar-refractivity contribution is 5.82. The summed E-state index contributed by atoms with van der Waals surface area (Å²) in [5, 5.41) is 9.02. The summed E-state index contributed by atoms with van der Waals surface area (Å²) in [5.41, 5.74) is 0.